The van der Waals surface area contributed by atoms with Crippen LogP contribution in [0.3, 0.4) is 0 Å². The minimum absolute atomic E-state index is 0.100. The Morgan fingerprint density at radius 3 is 1.58 bits per heavy atom. The van der Waals surface area contributed by atoms with E-state index < -0.39 is 7.14 Å². The molecule has 3 rings (SSSR count). The fourth-order valence-electron chi connectivity index (χ4n) is 3.43. The van der Waals surface area contributed by atoms with Crippen LogP contribution in [-0.2, 0) is 4.57 Å². The van der Waals surface area contributed by atoms with Gasteiger partial charge in [-0.1, -0.05) is 114 Å². The van der Waals surface area contributed by atoms with Crippen LogP contribution in [0.5, 0.6) is 0 Å². The predicted molar refractivity (Wildman–Crippen MR) is 134 cm³/mol. The Hall–Kier alpha value is -2.32. The molecule has 0 fully saturated rings. The lowest BCUT2D eigenvalue weighted by Gasteiger charge is -2.26. The third-order valence-electron chi connectivity index (χ3n) is 5.01. The fraction of sp³-hybridized carbons (Fsp3) is 0.160. The molecule has 0 saturated heterocycles. The van der Waals surface area contributed by atoms with E-state index in [9.17, 15) is 4.57 Å². The number of hydrogen-bond donors (Lipinski definition) is 0. The number of benzene rings is 3. The summed E-state index contributed by atoms with van der Waals surface area (Å²) in [5, 5.41) is 1.26. The van der Waals surface area contributed by atoms with E-state index in [0.29, 0.717) is 16.4 Å². The minimum Gasteiger partial charge on any atom is -0.357 e. The molecule has 160 valence electrons. The van der Waals surface area contributed by atoms with Crippen molar-refractivity contribution in [3.63, 3.8) is 0 Å². The Bertz CT molecular complexity index is 1050. The van der Waals surface area contributed by atoms with Gasteiger partial charge < -0.3 is 9.46 Å². The van der Waals surface area contributed by atoms with E-state index >= 15 is 0 Å². The maximum atomic E-state index is 14.8. The molecule has 6 heteroatoms. The van der Waals surface area contributed by atoms with E-state index in [0.717, 1.165) is 18.7 Å². The lowest BCUT2D eigenvalue weighted by atomic mass is 10.2. The second kappa shape index (κ2) is 10.8. The highest BCUT2D eigenvalue weighted by molar-refractivity contribution is 7.82. The number of halogens is 2. The van der Waals surface area contributed by atoms with Gasteiger partial charge in [0.15, 0.2) is 7.14 Å². The zero-order valence-corrected chi connectivity index (χ0v) is 20.0. The third-order valence-corrected chi connectivity index (χ3v) is 8.61. The van der Waals surface area contributed by atoms with Gasteiger partial charge in [0, 0.05) is 29.3 Å². The molecule has 3 aromatic rings. The predicted octanol–water partition coefficient (Wildman–Crippen LogP) is 6.39. The first kappa shape index (κ1) is 23.3. The second-order valence-electron chi connectivity index (χ2n) is 6.84. The van der Waals surface area contributed by atoms with E-state index in [-0.39, 0.29) is 9.93 Å². The summed E-state index contributed by atoms with van der Waals surface area (Å²) in [6.45, 7) is 5.58. The van der Waals surface area contributed by atoms with Crippen molar-refractivity contribution in [3.8, 4) is 0 Å². The van der Waals surface area contributed by atoms with Crippen LogP contribution in [0.15, 0.2) is 106 Å². The number of aliphatic imine (C=N–C) groups is 1. The molecule has 0 atom stereocenters. The van der Waals surface area contributed by atoms with Gasteiger partial charge in [0.1, 0.15) is 15.8 Å². The lowest BCUT2D eigenvalue weighted by molar-refractivity contribution is 0.466. The van der Waals surface area contributed by atoms with Crippen molar-refractivity contribution in [2.75, 3.05) is 13.1 Å². The normalized spacial score (nSPS) is 11.8. The lowest BCUT2D eigenvalue weighted by Crippen LogP contribution is -2.32. The average Bonchev–Trinajstić information content (AvgIpc) is 2.83. The Morgan fingerprint density at radius 1 is 0.774 bits per heavy atom. The monoisotopic (exact) mass is 470 g/mol. The molecular weight excluding hydrogens is 446 g/mol. The van der Waals surface area contributed by atoms with Gasteiger partial charge >= 0.3 is 0 Å². The fourth-order valence-corrected chi connectivity index (χ4v) is 6.67. The van der Waals surface area contributed by atoms with E-state index in [1.54, 1.807) is 0 Å². The van der Waals surface area contributed by atoms with Crippen molar-refractivity contribution in [1.82, 2.24) is 4.90 Å². The topological polar surface area (TPSA) is 32.7 Å². The molecule has 3 aromatic carbocycles. The first-order valence-corrected chi connectivity index (χ1v) is 12.6. The van der Waals surface area contributed by atoms with Gasteiger partial charge in [-0.25, -0.2) is 4.99 Å². The van der Waals surface area contributed by atoms with Crippen molar-refractivity contribution in [1.29, 1.82) is 0 Å². The molecule has 0 aromatic heterocycles. The summed E-state index contributed by atoms with van der Waals surface area (Å²) in [7, 11) is -3.42. The second-order valence-corrected chi connectivity index (χ2v) is 10.5. The van der Waals surface area contributed by atoms with Crippen LogP contribution >= 0.6 is 30.3 Å². The Morgan fingerprint density at radius 2 is 1.19 bits per heavy atom. The van der Waals surface area contributed by atoms with Crippen LogP contribution < -0.4 is 10.6 Å². The molecule has 0 spiro atoms. The molecule has 0 N–H and O–H groups in total. The highest BCUT2D eigenvalue weighted by Crippen LogP contribution is 2.55. The summed E-state index contributed by atoms with van der Waals surface area (Å²) in [5.74, 6) is 0.687. The van der Waals surface area contributed by atoms with E-state index in [2.05, 4.69) is 18.7 Å². The van der Waals surface area contributed by atoms with Crippen molar-refractivity contribution in [2.24, 2.45) is 4.99 Å². The molecule has 0 aliphatic carbocycles. The quantitative estimate of drug-likeness (QED) is 0.227. The molecule has 0 bridgehead atoms. The summed E-state index contributed by atoms with van der Waals surface area (Å²) >= 11 is 12.8. The van der Waals surface area contributed by atoms with Crippen LogP contribution in [0.1, 0.15) is 19.4 Å². The van der Waals surface area contributed by atoms with Gasteiger partial charge in [0.25, 0.3) is 0 Å². The first-order chi connectivity index (χ1) is 15.0. The molecule has 3 nitrogen and oxygen atoms in total. The summed E-state index contributed by atoms with van der Waals surface area (Å²) in [4.78, 5) is 7.01. The molecular formula is C25H25Cl2N2OP. The Labute approximate surface area is 194 Å². The molecule has 0 amide bonds. The van der Waals surface area contributed by atoms with E-state index in [4.69, 9.17) is 28.2 Å². The van der Waals surface area contributed by atoms with Crippen molar-refractivity contribution >= 4 is 46.8 Å². The van der Waals surface area contributed by atoms with Gasteiger partial charge in [-0.15, -0.1) is 0 Å². The van der Waals surface area contributed by atoms with E-state index in [1.807, 2.05) is 91.0 Å². The van der Waals surface area contributed by atoms with Crippen molar-refractivity contribution < 1.29 is 4.57 Å². The van der Waals surface area contributed by atoms with Crippen LogP contribution in [0, 0.1) is 0 Å². The smallest absolute Gasteiger partial charge is 0.191 e. The SMILES string of the molecule is CCN(CC)/C(=N\C(=C(Cl)Cl)P(=O)(c1ccccc1)c1ccccc1)c1ccccc1. The number of amidine groups is 1. The van der Waals surface area contributed by atoms with Gasteiger partial charge in [-0.2, -0.15) is 0 Å². The van der Waals surface area contributed by atoms with Gasteiger partial charge in [-0.05, 0) is 13.8 Å². The number of nitrogens with zero attached hydrogens (tertiary/aromatic N) is 2. The van der Waals surface area contributed by atoms with Gasteiger partial charge in [0.2, 0.25) is 0 Å². The maximum Gasteiger partial charge on any atom is 0.191 e. The van der Waals surface area contributed by atoms with Gasteiger partial charge in [0.05, 0.1) is 0 Å². The first-order valence-electron chi connectivity index (χ1n) is 10.2. The third kappa shape index (κ3) is 5.13. The van der Waals surface area contributed by atoms with Gasteiger partial charge in [-0.3, -0.25) is 0 Å². The van der Waals surface area contributed by atoms with Crippen LogP contribution in [0.25, 0.3) is 0 Å². The summed E-state index contributed by atoms with van der Waals surface area (Å²) in [6.07, 6.45) is 0. The molecule has 0 radical (unpaired) electrons. The van der Waals surface area contributed by atoms with E-state index in [1.165, 1.54) is 0 Å². The number of hydrogen-bond acceptors (Lipinski definition) is 2. The van der Waals surface area contributed by atoms with Crippen molar-refractivity contribution in [2.45, 2.75) is 13.8 Å². The van der Waals surface area contributed by atoms with Crippen LogP contribution in [0.4, 0.5) is 0 Å². The largest absolute Gasteiger partial charge is 0.357 e. The summed E-state index contributed by atoms with van der Waals surface area (Å²) in [5.41, 5.74) is 1.09. The molecule has 0 aliphatic heterocycles. The summed E-state index contributed by atoms with van der Waals surface area (Å²) in [6, 6.07) is 28.4. The zero-order chi connectivity index (χ0) is 22.3. The Balaban J connectivity index is 2.32. The number of rotatable bonds is 7. The van der Waals surface area contributed by atoms with Crippen LogP contribution in [-0.4, -0.2) is 23.8 Å². The minimum atomic E-state index is -3.42. The molecule has 0 heterocycles. The standard InChI is InChI=1S/C25H25Cl2N2OP/c1-3-29(4-2)24(20-14-8-5-9-15-20)28-25(23(26)27)31(30,21-16-10-6-11-17-21)22-18-12-7-13-19-22/h5-19H,3-4H2,1-2H3/b28-24-. The molecule has 0 saturated carbocycles. The average molecular weight is 471 g/mol. The zero-order valence-electron chi connectivity index (χ0n) is 17.6. The molecule has 0 unspecified atom stereocenters. The molecule has 31 heavy (non-hydrogen) atoms. The van der Waals surface area contributed by atoms with Crippen LogP contribution in [0.2, 0.25) is 0 Å². The Kier molecular flexibility index (Phi) is 8.15. The maximum absolute atomic E-state index is 14.8. The highest BCUT2D eigenvalue weighted by Gasteiger charge is 2.35. The summed E-state index contributed by atoms with van der Waals surface area (Å²) < 4.78 is 14.7. The van der Waals surface area contributed by atoms with Crippen molar-refractivity contribution in [3.05, 3.63) is 106 Å². The highest BCUT2D eigenvalue weighted by atomic mass is 35.5. The molecule has 0 aliphatic rings.